The maximum Gasteiger partial charge on any atom is 0.187 e. The Morgan fingerprint density at radius 2 is 1.55 bits per heavy atom. The van der Waals surface area contributed by atoms with Crippen LogP contribution in [0.1, 0.15) is 34.3 Å². The van der Waals surface area contributed by atoms with Crippen molar-refractivity contribution in [3.63, 3.8) is 0 Å². The fraction of sp³-hybridized carbons (Fsp3) is 0.179. The van der Waals surface area contributed by atoms with Crippen LogP contribution in [0, 0.1) is 0 Å². The molecule has 0 atom stereocenters. The van der Waals surface area contributed by atoms with Gasteiger partial charge in [0.05, 0.1) is 18.1 Å². The third-order valence-corrected chi connectivity index (χ3v) is 6.23. The van der Waals surface area contributed by atoms with Crippen molar-refractivity contribution in [3.05, 3.63) is 102 Å². The van der Waals surface area contributed by atoms with Gasteiger partial charge >= 0.3 is 0 Å². The summed E-state index contributed by atoms with van der Waals surface area (Å²) in [6.07, 6.45) is 14.1. The third kappa shape index (κ3) is 5.68. The molecule has 4 nitrogen and oxygen atoms in total. The third-order valence-electron chi connectivity index (χ3n) is 5.65. The molecule has 0 spiro atoms. The molecule has 166 valence electrons. The largest absolute Gasteiger partial charge is 0.473 e. The summed E-state index contributed by atoms with van der Waals surface area (Å²) < 4.78 is 4.58. The van der Waals surface area contributed by atoms with Crippen LogP contribution >= 0.6 is 11.8 Å². The van der Waals surface area contributed by atoms with Gasteiger partial charge in [-0.3, -0.25) is 4.79 Å². The number of rotatable bonds is 2. The van der Waals surface area contributed by atoms with Crippen LogP contribution in [0.25, 0.3) is 21.5 Å². The van der Waals surface area contributed by atoms with E-state index < -0.39 is 0 Å². The molecule has 33 heavy (non-hydrogen) atoms. The van der Waals surface area contributed by atoms with Gasteiger partial charge in [0.25, 0.3) is 0 Å². The topological polar surface area (TPSA) is 56.0 Å². The zero-order valence-corrected chi connectivity index (χ0v) is 19.4. The van der Waals surface area contributed by atoms with Crippen LogP contribution in [0.2, 0.25) is 0 Å². The van der Waals surface area contributed by atoms with E-state index in [0.29, 0.717) is 10.7 Å². The lowest BCUT2D eigenvalue weighted by Crippen LogP contribution is -2.02. The Balaban J connectivity index is 0.000000145. The summed E-state index contributed by atoms with van der Waals surface area (Å²) in [6, 6.07) is 21.6. The zero-order chi connectivity index (χ0) is 22.9. The van der Waals surface area contributed by atoms with Crippen molar-refractivity contribution < 1.29 is 9.21 Å². The summed E-state index contributed by atoms with van der Waals surface area (Å²) in [7, 11) is 0. The second kappa shape index (κ2) is 11.4. The van der Waals surface area contributed by atoms with Gasteiger partial charge in [0.2, 0.25) is 0 Å². The van der Waals surface area contributed by atoms with Crippen molar-refractivity contribution in [2.75, 3.05) is 6.26 Å². The molecule has 0 unspecified atom stereocenters. The minimum atomic E-state index is 0.512. The molecule has 1 aliphatic rings. The van der Waals surface area contributed by atoms with Crippen molar-refractivity contribution in [2.45, 2.75) is 30.8 Å². The van der Waals surface area contributed by atoms with E-state index in [-0.39, 0.29) is 0 Å². The van der Waals surface area contributed by atoms with Crippen molar-refractivity contribution in [1.29, 1.82) is 0 Å². The fourth-order valence-electron chi connectivity index (χ4n) is 4.06. The van der Waals surface area contributed by atoms with Crippen LogP contribution in [-0.2, 0) is 12.8 Å². The lowest BCUT2D eigenvalue weighted by molar-refractivity contribution is 0.112. The molecule has 0 saturated carbocycles. The number of carbonyl (C=O) groups is 1. The van der Waals surface area contributed by atoms with Gasteiger partial charge < -0.3 is 4.42 Å². The molecule has 5 heteroatoms. The molecule has 0 saturated heterocycles. The molecule has 0 aliphatic heterocycles. The highest BCUT2D eigenvalue weighted by atomic mass is 32.2. The Labute approximate surface area is 198 Å². The van der Waals surface area contributed by atoms with Gasteiger partial charge in [-0.25, -0.2) is 9.97 Å². The number of carbonyl (C=O) groups excluding carboxylic acids is 1. The highest BCUT2D eigenvalue weighted by molar-refractivity contribution is 7.98. The number of fused-ring (bicyclic) bond motifs is 5. The highest BCUT2D eigenvalue weighted by Crippen LogP contribution is 2.33. The second-order valence-corrected chi connectivity index (χ2v) is 8.48. The number of aryl methyl sites for hydroxylation is 2. The number of hydrogen-bond donors (Lipinski definition) is 0. The highest BCUT2D eigenvalue weighted by Gasteiger charge is 2.13. The van der Waals surface area contributed by atoms with Gasteiger partial charge in [-0.15, -0.1) is 0 Å². The Bertz CT molecular complexity index is 1300. The number of aldehydes is 1. The van der Waals surface area contributed by atoms with Crippen LogP contribution in [0.15, 0.2) is 95.2 Å². The monoisotopic (exact) mass is 454 g/mol. The van der Waals surface area contributed by atoms with E-state index in [4.69, 9.17) is 0 Å². The average Bonchev–Trinajstić information content (AvgIpc) is 3.49. The molecule has 0 bridgehead atoms. The molecule has 5 aromatic rings. The normalized spacial score (nSPS) is 12.2. The van der Waals surface area contributed by atoms with E-state index in [0.717, 1.165) is 6.29 Å². The first kappa shape index (κ1) is 22.7. The van der Waals surface area contributed by atoms with Gasteiger partial charge in [-0.2, -0.15) is 0 Å². The zero-order valence-electron chi connectivity index (χ0n) is 18.6. The van der Waals surface area contributed by atoms with E-state index in [1.165, 1.54) is 71.4 Å². The predicted molar refractivity (Wildman–Crippen MR) is 136 cm³/mol. The summed E-state index contributed by atoms with van der Waals surface area (Å²) >= 11 is 1.45. The smallest absolute Gasteiger partial charge is 0.187 e. The number of nitrogens with zero attached hydrogens (tertiary/aromatic N) is 2. The van der Waals surface area contributed by atoms with Crippen molar-refractivity contribution in [2.24, 2.45) is 0 Å². The predicted octanol–water partition coefficient (Wildman–Crippen LogP) is 7.16. The Kier molecular flexibility index (Phi) is 7.88. The first-order valence-corrected chi connectivity index (χ1v) is 12.2. The van der Waals surface area contributed by atoms with E-state index in [1.807, 2.05) is 18.4 Å². The van der Waals surface area contributed by atoms with E-state index in [2.05, 4.69) is 62.9 Å². The van der Waals surface area contributed by atoms with Crippen molar-refractivity contribution in [3.8, 4) is 0 Å². The van der Waals surface area contributed by atoms with Crippen LogP contribution in [0.5, 0.6) is 0 Å². The molecule has 0 N–H and O–H groups in total. The van der Waals surface area contributed by atoms with Crippen LogP contribution in [-0.4, -0.2) is 22.5 Å². The van der Waals surface area contributed by atoms with Crippen molar-refractivity contribution >= 4 is 39.6 Å². The summed E-state index contributed by atoms with van der Waals surface area (Å²) in [5.41, 5.74) is 3.69. The minimum Gasteiger partial charge on any atom is -0.473 e. The molecule has 0 amide bonds. The molecular weight excluding hydrogens is 428 g/mol. The number of furan rings is 1. The van der Waals surface area contributed by atoms with Gasteiger partial charge in [0.1, 0.15) is 0 Å². The Morgan fingerprint density at radius 3 is 2.24 bits per heavy atom. The van der Waals surface area contributed by atoms with Crippen molar-refractivity contribution in [1.82, 2.24) is 9.97 Å². The molecule has 2 heterocycles. The molecule has 2 aromatic heterocycles. The number of benzene rings is 3. The summed E-state index contributed by atoms with van der Waals surface area (Å²) in [5.74, 6) is 0. The van der Waals surface area contributed by atoms with Gasteiger partial charge in [-0.1, -0.05) is 60.3 Å². The Hall–Kier alpha value is -3.44. The lowest BCUT2D eigenvalue weighted by Gasteiger charge is -2.18. The molecule has 0 radical (unpaired) electrons. The molecule has 0 fully saturated rings. The van der Waals surface area contributed by atoms with Crippen LogP contribution < -0.4 is 0 Å². The van der Waals surface area contributed by atoms with E-state index >= 15 is 0 Å². The Morgan fingerprint density at radius 1 is 0.818 bits per heavy atom. The maximum atomic E-state index is 10.1. The quantitative estimate of drug-likeness (QED) is 0.123. The molecule has 3 aromatic carbocycles. The molecule has 6 rings (SSSR count). The minimum absolute atomic E-state index is 0.512. The number of thioether (sulfide) groups is 1. The average molecular weight is 455 g/mol. The van der Waals surface area contributed by atoms with Gasteiger partial charge in [0, 0.05) is 12.4 Å². The standard InChI is InChI=1S/C18H16.C6H6N2OS.C4H4O/c1-3-7-15-13(5-1)9-11-18-16-8-4-2-6-14(16)10-12-17(15)18;1-10-6-7-2-5(4-9)3-8-6;1-2-4-5-3-1/h1,3,5,7,9-12H,2,4,6,8H2;2-4H,1H3;1-4H. The summed E-state index contributed by atoms with van der Waals surface area (Å²) in [6.45, 7) is 0. The van der Waals surface area contributed by atoms with E-state index in [1.54, 1.807) is 23.7 Å². The van der Waals surface area contributed by atoms with Crippen LogP contribution in [0.4, 0.5) is 0 Å². The first-order valence-electron chi connectivity index (χ1n) is 11.0. The fourth-order valence-corrected chi connectivity index (χ4v) is 4.38. The lowest BCUT2D eigenvalue weighted by atomic mass is 9.86. The SMILES string of the molecule is CSc1ncc(C=O)cn1.c1ccc2c(c1)ccc1c3c(ccc12)CCCC3.c1ccoc1. The summed E-state index contributed by atoms with van der Waals surface area (Å²) in [4.78, 5) is 17.9. The first-order chi connectivity index (χ1) is 16.3. The number of hydrogen-bond acceptors (Lipinski definition) is 5. The maximum absolute atomic E-state index is 10.1. The van der Waals surface area contributed by atoms with Gasteiger partial charge in [0.15, 0.2) is 11.4 Å². The van der Waals surface area contributed by atoms with Gasteiger partial charge in [-0.05, 0) is 76.7 Å². The van der Waals surface area contributed by atoms with E-state index in [9.17, 15) is 4.79 Å². The molecular formula is C28H26N2O2S. The number of aromatic nitrogens is 2. The second-order valence-electron chi connectivity index (χ2n) is 7.71. The van der Waals surface area contributed by atoms with Crippen LogP contribution in [0.3, 0.4) is 0 Å². The summed E-state index contributed by atoms with van der Waals surface area (Å²) in [5, 5.41) is 6.33. The molecule has 1 aliphatic carbocycles.